The molecule has 0 aliphatic heterocycles. The summed E-state index contributed by atoms with van der Waals surface area (Å²) in [6.45, 7) is 7.01. The third kappa shape index (κ3) is 4.48. The highest BCUT2D eigenvalue weighted by atomic mass is 35.5. The molecular weight excluding hydrogens is 439 g/mol. The molecule has 2 aliphatic rings. The predicted molar refractivity (Wildman–Crippen MR) is 133 cm³/mol. The van der Waals surface area contributed by atoms with E-state index in [-0.39, 0.29) is 5.41 Å². The number of terminal acetylenes is 1. The number of ether oxygens (including phenoxy) is 2. The van der Waals surface area contributed by atoms with E-state index in [1.54, 1.807) is 0 Å². The molecule has 0 saturated heterocycles. The minimum atomic E-state index is -0.277. The first kappa shape index (κ1) is 23.3. The molecule has 0 amide bonds. The van der Waals surface area contributed by atoms with Crippen molar-refractivity contribution in [1.82, 2.24) is 0 Å². The van der Waals surface area contributed by atoms with Crippen LogP contribution in [0.15, 0.2) is 36.4 Å². The Kier molecular flexibility index (Phi) is 6.71. The number of hydrogen-bond acceptors (Lipinski definition) is 2. The van der Waals surface area contributed by atoms with Gasteiger partial charge in [-0.15, -0.1) is 18.0 Å². The van der Waals surface area contributed by atoms with Crippen LogP contribution in [0.25, 0.3) is 0 Å². The topological polar surface area (TPSA) is 18.5 Å². The maximum absolute atomic E-state index is 6.52. The second kappa shape index (κ2) is 9.20. The molecule has 2 aromatic carbocycles. The van der Waals surface area contributed by atoms with Gasteiger partial charge in [0.1, 0.15) is 12.4 Å². The Labute approximate surface area is 202 Å². The van der Waals surface area contributed by atoms with Gasteiger partial charge in [0, 0.05) is 5.41 Å². The summed E-state index contributed by atoms with van der Waals surface area (Å²) in [5.41, 5.74) is 3.18. The summed E-state index contributed by atoms with van der Waals surface area (Å²) in [6, 6.07) is 12.4. The van der Waals surface area contributed by atoms with Crippen LogP contribution in [0.2, 0.25) is 5.02 Å². The molecule has 0 heterocycles. The molecule has 2 aliphatic carbocycles. The van der Waals surface area contributed by atoms with Crippen molar-refractivity contribution in [3.8, 4) is 23.8 Å². The number of hydrogen-bond donors (Lipinski definition) is 0. The number of alkyl halides is 1. The molecule has 0 unspecified atom stereocenters. The van der Waals surface area contributed by atoms with E-state index in [2.05, 4.69) is 51.0 Å². The lowest BCUT2D eigenvalue weighted by Crippen LogP contribution is -2.51. The minimum absolute atomic E-state index is 0.277. The van der Waals surface area contributed by atoms with Crippen LogP contribution in [0.3, 0.4) is 0 Å². The first-order chi connectivity index (χ1) is 15.3. The molecule has 2 fully saturated rings. The van der Waals surface area contributed by atoms with Crippen LogP contribution in [0.1, 0.15) is 69.6 Å². The predicted octanol–water partition coefficient (Wildman–Crippen LogP) is 7.61. The highest BCUT2D eigenvalue weighted by Gasteiger charge is 2.53. The molecule has 0 bridgehead atoms. The Morgan fingerprint density at radius 1 is 1.09 bits per heavy atom. The molecule has 2 nitrogen and oxygen atoms in total. The molecule has 0 radical (unpaired) electrons. The maximum Gasteiger partial charge on any atom is 0.153 e. The molecule has 0 aromatic heterocycles. The molecule has 170 valence electrons. The monoisotopic (exact) mass is 470 g/mol. The Balaban J connectivity index is 1.44. The second-order valence-electron chi connectivity index (χ2n) is 10.00. The van der Waals surface area contributed by atoms with Crippen molar-refractivity contribution in [2.45, 2.75) is 64.4 Å². The Morgan fingerprint density at radius 2 is 1.78 bits per heavy atom. The van der Waals surface area contributed by atoms with Gasteiger partial charge in [0.15, 0.2) is 5.75 Å². The van der Waals surface area contributed by atoms with Crippen molar-refractivity contribution in [2.24, 2.45) is 11.3 Å². The van der Waals surface area contributed by atoms with Gasteiger partial charge in [0.2, 0.25) is 0 Å². The van der Waals surface area contributed by atoms with E-state index in [4.69, 9.17) is 39.1 Å². The zero-order valence-corrected chi connectivity index (χ0v) is 20.7. The summed E-state index contributed by atoms with van der Waals surface area (Å²) >= 11 is 12.3. The van der Waals surface area contributed by atoms with Crippen LogP contribution in [-0.2, 0) is 5.41 Å². The summed E-state index contributed by atoms with van der Waals surface area (Å²) in [5, 5.41) is 0.508. The van der Waals surface area contributed by atoms with Crippen molar-refractivity contribution >= 4 is 23.2 Å². The van der Waals surface area contributed by atoms with E-state index in [0.717, 1.165) is 17.2 Å². The number of rotatable bonds is 8. The highest BCUT2D eigenvalue weighted by molar-refractivity contribution is 6.32. The van der Waals surface area contributed by atoms with Crippen molar-refractivity contribution in [3.05, 3.63) is 58.1 Å². The van der Waals surface area contributed by atoms with E-state index >= 15 is 0 Å². The fourth-order valence-corrected chi connectivity index (χ4v) is 5.79. The summed E-state index contributed by atoms with van der Waals surface area (Å²) < 4.78 is 11.9. The lowest BCUT2D eigenvalue weighted by atomic mass is 9.50. The van der Waals surface area contributed by atoms with Gasteiger partial charge in [-0.25, -0.2) is 0 Å². The standard InChI is InChI=1S/C28H32Cl2O2/c1-5-19-15-28(16-19)17-24(18-28)32-23-9-7-21(8-10-23)27(3,4)22-13-20(6-2)26(25(30)14-22)31-12-11-29/h2,7-10,13-14,19,24H,5,11-12,15-18H2,1,3-4H3. The molecule has 4 heteroatoms. The van der Waals surface area contributed by atoms with Gasteiger partial charge in [-0.2, -0.15) is 0 Å². The summed E-state index contributed by atoms with van der Waals surface area (Å²) in [5.74, 6) is 5.50. The molecular formula is C28H32Cl2O2. The van der Waals surface area contributed by atoms with Gasteiger partial charge in [-0.1, -0.05) is 56.8 Å². The quantitative estimate of drug-likeness (QED) is 0.291. The van der Waals surface area contributed by atoms with Crippen LogP contribution in [-0.4, -0.2) is 18.6 Å². The zero-order valence-electron chi connectivity index (χ0n) is 19.2. The maximum atomic E-state index is 6.52. The fourth-order valence-electron chi connectivity index (χ4n) is 5.43. The average Bonchev–Trinajstić information content (AvgIpc) is 2.73. The Bertz CT molecular complexity index is 989. The van der Waals surface area contributed by atoms with E-state index in [0.29, 0.717) is 40.3 Å². The Hall–Kier alpha value is -1.82. The van der Waals surface area contributed by atoms with Crippen molar-refractivity contribution in [2.75, 3.05) is 12.5 Å². The van der Waals surface area contributed by atoms with Gasteiger partial charge in [-0.05, 0) is 72.4 Å². The third-order valence-corrected chi connectivity index (χ3v) is 7.90. The fraction of sp³-hybridized carbons (Fsp3) is 0.500. The number of halogens is 2. The zero-order chi connectivity index (χ0) is 22.9. The summed E-state index contributed by atoms with van der Waals surface area (Å²) in [4.78, 5) is 0. The van der Waals surface area contributed by atoms with Crippen molar-refractivity contribution in [1.29, 1.82) is 0 Å². The minimum Gasteiger partial charge on any atom is -0.490 e. The van der Waals surface area contributed by atoms with E-state index in [1.807, 2.05) is 12.1 Å². The van der Waals surface area contributed by atoms with Crippen LogP contribution in [0.4, 0.5) is 0 Å². The molecule has 32 heavy (non-hydrogen) atoms. The molecule has 1 spiro atoms. The summed E-state index contributed by atoms with van der Waals surface area (Å²) in [6.07, 6.45) is 12.6. The Morgan fingerprint density at radius 3 is 2.38 bits per heavy atom. The molecule has 2 aromatic rings. The highest BCUT2D eigenvalue weighted by Crippen LogP contribution is 2.60. The van der Waals surface area contributed by atoms with Gasteiger partial charge in [0.05, 0.1) is 22.6 Å². The van der Waals surface area contributed by atoms with E-state index in [1.165, 1.54) is 37.7 Å². The molecule has 2 saturated carbocycles. The van der Waals surface area contributed by atoms with E-state index < -0.39 is 0 Å². The normalized spacial score (nSPS) is 24.4. The molecule has 0 atom stereocenters. The van der Waals surface area contributed by atoms with Crippen molar-refractivity contribution < 1.29 is 9.47 Å². The largest absolute Gasteiger partial charge is 0.490 e. The lowest BCUT2D eigenvalue weighted by Gasteiger charge is -2.57. The average molecular weight is 471 g/mol. The smallest absolute Gasteiger partial charge is 0.153 e. The third-order valence-electron chi connectivity index (χ3n) is 7.47. The first-order valence-electron chi connectivity index (χ1n) is 11.6. The second-order valence-corrected chi connectivity index (χ2v) is 10.8. The van der Waals surface area contributed by atoms with Crippen molar-refractivity contribution in [3.63, 3.8) is 0 Å². The lowest BCUT2D eigenvalue weighted by molar-refractivity contribution is -0.100. The summed E-state index contributed by atoms with van der Waals surface area (Å²) in [7, 11) is 0. The van der Waals surface area contributed by atoms with E-state index in [9.17, 15) is 0 Å². The first-order valence-corrected chi connectivity index (χ1v) is 12.5. The van der Waals surface area contributed by atoms with Gasteiger partial charge in [0.25, 0.3) is 0 Å². The van der Waals surface area contributed by atoms with Gasteiger partial charge < -0.3 is 9.47 Å². The van der Waals surface area contributed by atoms with Crippen LogP contribution >= 0.6 is 23.2 Å². The van der Waals surface area contributed by atoms with Crippen LogP contribution in [0, 0.1) is 23.7 Å². The van der Waals surface area contributed by atoms with Crippen LogP contribution < -0.4 is 9.47 Å². The SMILES string of the molecule is C#Cc1cc(C(C)(C)c2ccc(OC3CC4(CC(CC)C4)C3)cc2)cc(Cl)c1OCCCl. The number of benzene rings is 2. The molecule has 0 N–H and O–H groups in total. The van der Waals surface area contributed by atoms with Gasteiger partial charge in [-0.3, -0.25) is 0 Å². The van der Waals surface area contributed by atoms with Gasteiger partial charge >= 0.3 is 0 Å². The molecule has 4 rings (SSSR count). The van der Waals surface area contributed by atoms with Crippen LogP contribution in [0.5, 0.6) is 11.5 Å².